The lowest BCUT2D eigenvalue weighted by atomic mass is 9.94. The molecule has 1 fully saturated rings. The van der Waals surface area contributed by atoms with E-state index in [9.17, 15) is 13.2 Å². The van der Waals surface area contributed by atoms with Crippen molar-refractivity contribution < 1.29 is 17.9 Å². The number of pyridine rings is 1. The predicted octanol–water partition coefficient (Wildman–Crippen LogP) is 5.60. The number of sulfonamides is 1. The first kappa shape index (κ1) is 27.2. The molecule has 0 N–H and O–H groups in total. The van der Waals surface area contributed by atoms with Crippen LogP contribution in [0, 0.1) is 11.8 Å². The van der Waals surface area contributed by atoms with E-state index in [1.165, 1.54) is 23.5 Å². The minimum atomic E-state index is -3.64. The summed E-state index contributed by atoms with van der Waals surface area (Å²) in [6, 6.07) is 15.6. The van der Waals surface area contributed by atoms with E-state index >= 15 is 0 Å². The normalized spacial score (nSPS) is 18.2. The van der Waals surface area contributed by atoms with Gasteiger partial charge in [-0.15, -0.1) is 0 Å². The van der Waals surface area contributed by atoms with E-state index in [0.717, 1.165) is 28.0 Å². The number of anilines is 1. The van der Waals surface area contributed by atoms with Crippen LogP contribution in [0.1, 0.15) is 43.1 Å². The molecule has 1 aliphatic rings. The largest absolute Gasteiger partial charge is 0.494 e. The summed E-state index contributed by atoms with van der Waals surface area (Å²) in [6.07, 6.45) is 4.42. The van der Waals surface area contributed by atoms with E-state index in [1.807, 2.05) is 37.3 Å². The number of piperidine rings is 1. The van der Waals surface area contributed by atoms with E-state index in [1.54, 1.807) is 33.7 Å². The molecule has 0 aliphatic carbocycles. The summed E-state index contributed by atoms with van der Waals surface area (Å²) in [6.45, 7) is 7.94. The molecule has 0 radical (unpaired) electrons. The number of thiazole rings is 1. The van der Waals surface area contributed by atoms with Crippen molar-refractivity contribution in [3.05, 3.63) is 78.1 Å². The van der Waals surface area contributed by atoms with Gasteiger partial charge >= 0.3 is 0 Å². The second kappa shape index (κ2) is 11.4. The lowest BCUT2D eigenvalue weighted by molar-refractivity contribution is 0.0985. The van der Waals surface area contributed by atoms with Crippen LogP contribution in [0.5, 0.6) is 5.75 Å². The van der Waals surface area contributed by atoms with E-state index in [4.69, 9.17) is 9.72 Å². The van der Waals surface area contributed by atoms with Crippen LogP contribution in [0.4, 0.5) is 5.13 Å². The fraction of sp³-hybridized carbons (Fsp3) is 0.345. The third-order valence-corrected chi connectivity index (χ3v) is 9.66. The Balaban J connectivity index is 1.45. The average molecular weight is 565 g/mol. The molecule has 8 nitrogen and oxygen atoms in total. The van der Waals surface area contributed by atoms with Crippen molar-refractivity contribution in [1.82, 2.24) is 14.3 Å². The van der Waals surface area contributed by atoms with Crippen molar-refractivity contribution in [3.63, 3.8) is 0 Å². The summed E-state index contributed by atoms with van der Waals surface area (Å²) in [5.41, 5.74) is 2.01. The van der Waals surface area contributed by atoms with Crippen LogP contribution in [0.2, 0.25) is 0 Å². The van der Waals surface area contributed by atoms with Gasteiger partial charge in [0, 0.05) is 31.0 Å². The Kier molecular flexibility index (Phi) is 7.97. The summed E-state index contributed by atoms with van der Waals surface area (Å²) < 4.78 is 34.8. The fourth-order valence-electron chi connectivity index (χ4n) is 5.04. The van der Waals surface area contributed by atoms with E-state index < -0.39 is 10.0 Å². The van der Waals surface area contributed by atoms with Crippen molar-refractivity contribution in [1.29, 1.82) is 0 Å². The highest BCUT2D eigenvalue weighted by Crippen LogP contribution is 2.33. The standard InChI is InChI=1S/C29H32N4O4S2/c1-4-37-24-9-12-26-27(15-24)38-29(31-26)33(19-22-6-5-13-30-16-22)28(34)23-7-10-25(11-8-23)39(35,36)32-17-20(2)14-21(3)18-32/h5-13,15-16,20-21H,4,14,17-19H2,1-3H3. The van der Waals surface area contributed by atoms with Gasteiger partial charge in [-0.2, -0.15) is 4.31 Å². The Morgan fingerprint density at radius 3 is 2.51 bits per heavy atom. The second-order valence-electron chi connectivity index (χ2n) is 10.1. The van der Waals surface area contributed by atoms with Crippen molar-refractivity contribution in [2.75, 3.05) is 24.6 Å². The number of nitrogens with zero attached hydrogens (tertiary/aromatic N) is 4. The molecule has 204 valence electrons. The Morgan fingerprint density at radius 1 is 1.10 bits per heavy atom. The van der Waals surface area contributed by atoms with E-state index in [0.29, 0.717) is 42.2 Å². The molecule has 2 aromatic carbocycles. The van der Waals surface area contributed by atoms with E-state index in [2.05, 4.69) is 18.8 Å². The summed E-state index contributed by atoms with van der Waals surface area (Å²) in [5, 5.41) is 0.542. The first-order chi connectivity index (χ1) is 18.7. The van der Waals surface area contributed by atoms with Gasteiger partial charge in [-0.3, -0.25) is 14.7 Å². The Bertz CT molecular complexity index is 1550. The van der Waals surface area contributed by atoms with Crippen molar-refractivity contribution >= 4 is 42.6 Å². The number of ether oxygens (including phenoxy) is 1. The molecule has 2 unspecified atom stereocenters. The van der Waals surface area contributed by atoms with Crippen LogP contribution in [0.3, 0.4) is 0 Å². The molecule has 10 heteroatoms. The first-order valence-corrected chi connectivity index (χ1v) is 15.3. The lowest BCUT2D eigenvalue weighted by Crippen LogP contribution is -2.42. The topological polar surface area (TPSA) is 92.7 Å². The number of carbonyl (C=O) groups excluding carboxylic acids is 1. The van der Waals surface area contributed by atoms with Gasteiger partial charge in [0.2, 0.25) is 10.0 Å². The number of amides is 1. The summed E-state index contributed by atoms with van der Waals surface area (Å²) in [7, 11) is -3.64. The number of benzene rings is 2. The highest BCUT2D eigenvalue weighted by molar-refractivity contribution is 7.89. The third-order valence-electron chi connectivity index (χ3n) is 6.77. The van der Waals surface area contributed by atoms with Gasteiger partial charge in [0.25, 0.3) is 5.91 Å². The van der Waals surface area contributed by atoms with Gasteiger partial charge in [0.05, 0.1) is 28.3 Å². The van der Waals surface area contributed by atoms with Gasteiger partial charge in [-0.25, -0.2) is 13.4 Å². The molecule has 0 bridgehead atoms. The molecular weight excluding hydrogens is 532 g/mol. The molecule has 0 saturated carbocycles. The highest BCUT2D eigenvalue weighted by atomic mass is 32.2. The minimum absolute atomic E-state index is 0.197. The van der Waals surface area contributed by atoms with E-state index in [-0.39, 0.29) is 17.3 Å². The van der Waals surface area contributed by atoms with Gasteiger partial charge < -0.3 is 4.74 Å². The van der Waals surface area contributed by atoms with Crippen LogP contribution in [0.25, 0.3) is 10.2 Å². The molecule has 2 atom stereocenters. The van der Waals surface area contributed by atoms with Crippen molar-refractivity contribution in [3.8, 4) is 5.75 Å². The molecule has 1 amide bonds. The number of fused-ring (bicyclic) bond motifs is 1. The maximum atomic E-state index is 13.8. The first-order valence-electron chi connectivity index (χ1n) is 13.1. The lowest BCUT2D eigenvalue weighted by Gasteiger charge is -2.34. The summed E-state index contributed by atoms with van der Waals surface area (Å²) in [5.74, 6) is 1.10. The number of hydrogen-bond donors (Lipinski definition) is 0. The van der Waals surface area contributed by atoms with Crippen LogP contribution < -0.4 is 9.64 Å². The Labute approximate surface area is 233 Å². The number of hydrogen-bond acceptors (Lipinski definition) is 7. The zero-order chi connectivity index (χ0) is 27.6. The zero-order valence-corrected chi connectivity index (χ0v) is 23.9. The second-order valence-corrected chi connectivity index (χ2v) is 13.1. The Hall–Kier alpha value is -3.34. The molecule has 2 aromatic heterocycles. The average Bonchev–Trinajstić information content (AvgIpc) is 3.35. The highest BCUT2D eigenvalue weighted by Gasteiger charge is 2.32. The monoisotopic (exact) mass is 564 g/mol. The van der Waals surface area contributed by atoms with Crippen LogP contribution in [0.15, 0.2) is 71.9 Å². The number of carbonyl (C=O) groups is 1. The smallest absolute Gasteiger partial charge is 0.260 e. The van der Waals surface area contributed by atoms with Crippen LogP contribution in [-0.2, 0) is 16.6 Å². The molecule has 1 saturated heterocycles. The number of aromatic nitrogens is 2. The van der Waals surface area contributed by atoms with Gasteiger partial charge in [0.1, 0.15) is 5.75 Å². The molecule has 3 heterocycles. The summed E-state index contributed by atoms with van der Waals surface area (Å²) >= 11 is 1.41. The number of rotatable bonds is 8. The van der Waals surface area contributed by atoms with Gasteiger partial charge in [0.15, 0.2) is 5.13 Å². The maximum absolute atomic E-state index is 13.8. The SMILES string of the molecule is CCOc1ccc2nc(N(Cc3cccnc3)C(=O)c3ccc(S(=O)(=O)N4CC(C)CC(C)C4)cc3)sc2c1. The molecule has 39 heavy (non-hydrogen) atoms. The molecule has 0 spiro atoms. The Morgan fingerprint density at radius 2 is 1.85 bits per heavy atom. The van der Waals surface area contributed by atoms with Gasteiger partial charge in [-0.05, 0) is 79.3 Å². The van der Waals surface area contributed by atoms with Crippen LogP contribution in [-0.4, -0.2) is 48.3 Å². The minimum Gasteiger partial charge on any atom is -0.494 e. The molecular formula is C29H32N4O4S2. The molecule has 5 rings (SSSR count). The molecule has 4 aromatic rings. The third kappa shape index (κ3) is 5.98. The van der Waals surface area contributed by atoms with Crippen LogP contribution >= 0.6 is 11.3 Å². The summed E-state index contributed by atoms with van der Waals surface area (Å²) in [4.78, 5) is 24.6. The van der Waals surface area contributed by atoms with Crippen molar-refractivity contribution in [2.45, 2.75) is 38.6 Å². The van der Waals surface area contributed by atoms with Gasteiger partial charge in [-0.1, -0.05) is 31.3 Å². The predicted molar refractivity (Wildman–Crippen MR) is 154 cm³/mol. The molecule has 1 aliphatic heterocycles. The van der Waals surface area contributed by atoms with Crippen molar-refractivity contribution in [2.24, 2.45) is 11.8 Å². The zero-order valence-electron chi connectivity index (χ0n) is 22.3. The fourth-order valence-corrected chi connectivity index (χ4v) is 7.71. The quantitative estimate of drug-likeness (QED) is 0.277. The maximum Gasteiger partial charge on any atom is 0.260 e.